The number of benzene rings is 1. The Kier molecular flexibility index (Phi) is 3.64. The molecule has 3 heteroatoms. The molecule has 1 aromatic rings. The number of fused-ring (bicyclic) bond motifs is 3. The van der Waals surface area contributed by atoms with Crippen LogP contribution in [-0.4, -0.2) is 22.1 Å². The largest absolute Gasteiger partial charge is 0.508 e. The molecule has 0 amide bonds. The monoisotopic (exact) mass is 316 g/mol. The number of ketones is 1. The zero-order valence-electron chi connectivity index (χ0n) is 14.8. The van der Waals surface area contributed by atoms with Crippen molar-refractivity contribution in [2.45, 2.75) is 71.3 Å². The first kappa shape index (κ1) is 16.5. The van der Waals surface area contributed by atoms with Crippen molar-refractivity contribution in [3.8, 4) is 5.75 Å². The number of aliphatic hydroxyl groups is 1. The summed E-state index contributed by atoms with van der Waals surface area (Å²) < 4.78 is 0. The van der Waals surface area contributed by atoms with Crippen LogP contribution in [0.5, 0.6) is 5.75 Å². The molecule has 0 heterocycles. The second-order valence-electron chi connectivity index (χ2n) is 8.48. The zero-order chi connectivity index (χ0) is 17.2. The summed E-state index contributed by atoms with van der Waals surface area (Å²) in [5, 5.41) is 20.9. The number of carbonyl (C=O) groups excluding carboxylic acids is 1. The van der Waals surface area contributed by atoms with Gasteiger partial charge in [-0.25, -0.2) is 0 Å². The summed E-state index contributed by atoms with van der Waals surface area (Å²) in [6.45, 7) is 10.3. The summed E-state index contributed by atoms with van der Waals surface area (Å²) in [6.07, 6.45) is 1.42. The maximum Gasteiger partial charge on any atom is 0.146 e. The first-order valence-electron chi connectivity index (χ1n) is 8.67. The Morgan fingerprint density at radius 2 is 1.87 bits per heavy atom. The first-order valence-corrected chi connectivity index (χ1v) is 8.67. The number of aromatic hydroxyl groups is 1. The predicted molar refractivity (Wildman–Crippen MR) is 90.8 cm³/mol. The lowest BCUT2D eigenvalue weighted by atomic mass is 9.49. The van der Waals surface area contributed by atoms with Crippen molar-refractivity contribution in [3.63, 3.8) is 0 Å². The molecule has 1 fully saturated rings. The number of Topliss-reactive ketones (excluding diaryl/α,β-unsaturated/α-hetero) is 1. The van der Waals surface area contributed by atoms with Crippen molar-refractivity contribution >= 4 is 5.78 Å². The van der Waals surface area contributed by atoms with E-state index in [1.165, 1.54) is 5.56 Å². The molecule has 3 atom stereocenters. The van der Waals surface area contributed by atoms with Crippen LogP contribution >= 0.6 is 0 Å². The molecule has 0 saturated heterocycles. The van der Waals surface area contributed by atoms with Gasteiger partial charge in [0.25, 0.3) is 0 Å². The van der Waals surface area contributed by atoms with Gasteiger partial charge in [-0.3, -0.25) is 4.79 Å². The number of aryl methyl sites for hydroxylation is 1. The molecule has 0 spiro atoms. The van der Waals surface area contributed by atoms with Gasteiger partial charge < -0.3 is 10.2 Å². The van der Waals surface area contributed by atoms with E-state index in [4.69, 9.17) is 0 Å². The molecule has 0 aromatic heterocycles. The summed E-state index contributed by atoms with van der Waals surface area (Å²) in [4.78, 5) is 12.9. The van der Waals surface area contributed by atoms with Gasteiger partial charge in [0.2, 0.25) is 0 Å². The van der Waals surface area contributed by atoms with Gasteiger partial charge in [-0.2, -0.15) is 0 Å². The van der Waals surface area contributed by atoms with E-state index in [2.05, 4.69) is 33.8 Å². The van der Waals surface area contributed by atoms with E-state index in [-0.39, 0.29) is 35.2 Å². The molecule has 126 valence electrons. The minimum atomic E-state index is -0.608. The van der Waals surface area contributed by atoms with Crippen LogP contribution in [0, 0.1) is 11.3 Å². The summed E-state index contributed by atoms with van der Waals surface area (Å²) >= 11 is 0. The molecule has 2 aliphatic carbocycles. The van der Waals surface area contributed by atoms with E-state index in [1.807, 2.05) is 13.0 Å². The van der Waals surface area contributed by atoms with Gasteiger partial charge in [0, 0.05) is 6.42 Å². The number of phenolic OH excluding ortho intramolecular Hbond substituents is 1. The highest BCUT2D eigenvalue weighted by atomic mass is 16.3. The molecule has 1 aromatic carbocycles. The quantitative estimate of drug-likeness (QED) is 0.830. The first-order chi connectivity index (χ1) is 10.6. The van der Waals surface area contributed by atoms with E-state index in [9.17, 15) is 15.0 Å². The summed E-state index contributed by atoms with van der Waals surface area (Å²) in [7, 11) is 0. The fourth-order valence-electron chi connectivity index (χ4n) is 4.92. The number of aliphatic hydroxyl groups excluding tert-OH is 1. The SMILES string of the molecule is CC(C)c1cc2c(cc1O)[C@@]1(C)C(=O)C[C@H](O)C(C)(C)[C@@H]1CC2. The second-order valence-corrected chi connectivity index (χ2v) is 8.48. The molecule has 3 nitrogen and oxygen atoms in total. The number of carbonyl (C=O) groups is 1. The van der Waals surface area contributed by atoms with Crippen LogP contribution in [-0.2, 0) is 16.6 Å². The van der Waals surface area contributed by atoms with Gasteiger partial charge in [-0.15, -0.1) is 0 Å². The highest BCUT2D eigenvalue weighted by Gasteiger charge is 2.58. The number of hydrogen-bond acceptors (Lipinski definition) is 3. The van der Waals surface area contributed by atoms with Crippen LogP contribution in [0.15, 0.2) is 12.1 Å². The van der Waals surface area contributed by atoms with Crippen molar-refractivity contribution in [1.29, 1.82) is 0 Å². The van der Waals surface area contributed by atoms with Gasteiger partial charge in [0.15, 0.2) is 0 Å². The molecule has 23 heavy (non-hydrogen) atoms. The lowest BCUT2D eigenvalue weighted by Gasteiger charge is -2.55. The normalized spacial score (nSPS) is 32.6. The highest BCUT2D eigenvalue weighted by molar-refractivity contribution is 5.92. The Hall–Kier alpha value is -1.35. The average molecular weight is 316 g/mol. The van der Waals surface area contributed by atoms with Crippen LogP contribution in [0.2, 0.25) is 0 Å². The maximum absolute atomic E-state index is 12.9. The van der Waals surface area contributed by atoms with E-state index in [0.29, 0.717) is 0 Å². The van der Waals surface area contributed by atoms with Crippen molar-refractivity contribution < 1.29 is 15.0 Å². The van der Waals surface area contributed by atoms with Crippen LogP contribution in [0.4, 0.5) is 0 Å². The van der Waals surface area contributed by atoms with Crippen molar-refractivity contribution in [1.82, 2.24) is 0 Å². The Bertz CT molecular complexity index is 659. The third-order valence-electron chi connectivity index (χ3n) is 6.55. The van der Waals surface area contributed by atoms with E-state index in [1.54, 1.807) is 0 Å². The molecule has 1 saturated carbocycles. The summed E-state index contributed by atoms with van der Waals surface area (Å²) in [6, 6.07) is 3.91. The van der Waals surface area contributed by atoms with Gasteiger partial charge in [0.05, 0.1) is 11.5 Å². The second kappa shape index (κ2) is 5.07. The number of hydrogen-bond donors (Lipinski definition) is 2. The Morgan fingerprint density at radius 3 is 2.48 bits per heavy atom. The van der Waals surface area contributed by atoms with Crippen LogP contribution in [0.3, 0.4) is 0 Å². The Labute approximate surface area is 138 Å². The lowest BCUT2D eigenvalue weighted by molar-refractivity contribution is -0.145. The van der Waals surface area contributed by atoms with Crippen LogP contribution in [0.25, 0.3) is 0 Å². The zero-order valence-corrected chi connectivity index (χ0v) is 14.8. The van der Waals surface area contributed by atoms with Crippen LogP contribution in [0.1, 0.15) is 70.1 Å². The molecule has 0 bridgehead atoms. The Morgan fingerprint density at radius 1 is 1.22 bits per heavy atom. The predicted octanol–water partition coefficient (Wildman–Crippen LogP) is 3.70. The summed E-state index contributed by atoms with van der Waals surface area (Å²) in [5.74, 6) is 0.749. The topological polar surface area (TPSA) is 57.5 Å². The fourth-order valence-corrected chi connectivity index (χ4v) is 4.92. The molecular weight excluding hydrogens is 288 g/mol. The fraction of sp³-hybridized carbons (Fsp3) is 0.650. The maximum atomic E-state index is 12.9. The smallest absolute Gasteiger partial charge is 0.146 e. The number of rotatable bonds is 1. The Balaban J connectivity index is 2.19. The highest BCUT2D eigenvalue weighted by Crippen LogP contribution is 2.56. The molecule has 2 aliphatic rings. The minimum Gasteiger partial charge on any atom is -0.508 e. The van der Waals surface area contributed by atoms with Crippen molar-refractivity contribution in [3.05, 3.63) is 28.8 Å². The van der Waals surface area contributed by atoms with Gasteiger partial charge in [-0.05, 0) is 59.8 Å². The minimum absolute atomic E-state index is 0.100. The third-order valence-corrected chi connectivity index (χ3v) is 6.55. The van der Waals surface area contributed by atoms with Crippen LogP contribution < -0.4 is 0 Å². The molecular formula is C20H28O3. The third kappa shape index (κ3) is 2.16. The van der Waals surface area contributed by atoms with Gasteiger partial charge in [0.1, 0.15) is 11.5 Å². The average Bonchev–Trinajstić information content (AvgIpc) is 2.45. The molecule has 0 unspecified atom stereocenters. The number of phenols is 1. The molecule has 3 rings (SSSR count). The molecule has 0 radical (unpaired) electrons. The van der Waals surface area contributed by atoms with Crippen molar-refractivity contribution in [2.75, 3.05) is 0 Å². The van der Waals surface area contributed by atoms with Gasteiger partial charge >= 0.3 is 0 Å². The van der Waals surface area contributed by atoms with E-state index >= 15 is 0 Å². The van der Waals surface area contributed by atoms with Gasteiger partial charge in [-0.1, -0.05) is 33.8 Å². The van der Waals surface area contributed by atoms with Crippen molar-refractivity contribution in [2.24, 2.45) is 11.3 Å². The molecule has 0 aliphatic heterocycles. The summed E-state index contributed by atoms with van der Waals surface area (Å²) in [5.41, 5.74) is 2.20. The standard InChI is InChI=1S/C20H28O3/c1-11(2)13-8-12-6-7-16-19(3,4)17(22)10-18(23)20(16,5)14(12)9-15(13)21/h8-9,11,16-17,21-22H,6-7,10H2,1-5H3/t16-,17-,20+/m0/s1. The van der Waals surface area contributed by atoms with E-state index in [0.717, 1.165) is 24.0 Å². The van der Waals surface area contributed by atoms with E-state index < -0.39 is 11.5 Å². The molecule has 2 N–H and O–H groups in total. The lowest BCUT2D eigenvalue weighted by Crippen LogP contribution is -2.58.